The molecule has 46 heavy (non-hydrogen) atoms. The number of carbonyl (C=O) groups excluding carboxylic acids is 2. The SMILES string of the molecule is COc1ccc(C2=NN(c3ccc(C(=O)N4CCN(CCN5CCOCC5)CC4)cc3)C(=O)[C@@H]3CC=CC[C@H]23)c2c1OC(C)(C)C2. The summed E-state index contributed by atoms with van der Waals surface area (Å²) < 4.78 is 17.4. The number of benzene rings is 2. The Hall–Kier alpha value is -3.73. The van der Waals surface area contributed by atoms with Crippen LogP contribution in [0, 0.1) is 11.8 Å². The molecule has 2 saturated heterocycles. The minimum absolute atomic E-state index is 0.00730. The van der Waals surface area contributed by atoms with Gasteiger partial charge in [-0.25, -0.2) is 5.01 Å². The molecule has 7 rings (SSSR count). The third kappa shape index (κ3) is 6.06. The number of fused-ring (bicyclic) bond motifs is 2. The number of hydrazone groups is 1. The summed E-state index contributed by atoms with van der Waals surface area (Å²) in [5, 5.41) is 6.60. The van der Waals surface area contributed by atoms with Crippen molar-refractivity contribution in [1.29, 1.82) is 0 Å². The van der Waals surface area contributed by atoms with Crippen LogP contribution in [0.1, 0.15) is 48.2 Å². The number of amides is 2. The fourth-order valence-electron chi connectivity index (χ4n) is 7.46. The molecule has 2 atom stereocenters. The van der Waals surface area contributed by atoms with Gasteiger partial charge < -0.3 is 19.1 Å². The van der Waals surface area contributed by atoms with Crippen LogP contribution in [0.4, 0.5) is 5.69 Å². The minimum atomic E-state index is -0.361. The average molecular weight is 628 g/mol. The summed E-state index contributed by atoms with van der Waals surface area (Å²) in [6, 6.07) is 11.4. The van der Waals surface area contributed by atoms with Crippen LogP contribution in [0.3, 0.4) is 0 Å². The fourth-order valence-corrected chi connectivity index (χ4v) is 7.46. The van der Waals surface area contributed by atoms with Crippen LogP contribution in [0.2, 0.25) is 0 Å². The van der Waals surface area contributed by atoms with Crippen molar-refractivity contribution in [2.24, 2.45) is 16.9 Å². The topological polar surface area (TPSA) is 87.2 Å². The summed E-state index contributed by atoms with van der Waals surface area (Å²) in [6.07, 6.45) is 6.44. The second-order valence-corrected chi connectivity index (χ2v) is 13.6. The van der Waals surface area contributed by atoms with Gasteiger partial charge in [-0.15, -0.1) is 0 Å². The van der Waals surface area contributed by atoms with Crippen molar-refractivity contribution in [1.82, 2.24) is 14.7 Å². The number of allylic oxidation sites excluding steroid dienone is 2. The van der Waals surface area contributed by atoms with Crippen molar-refractivity contribution >= 4 is 23.2 Å². The second-order valence-electron chi connectivity index (χ2n) is 13.6. The number of piperazine rings is 1. The molecule has 244 valence electrons. The van der Waals surface area contributed by atoms with Gasteiger partial charge in [0.25, 0.3) is 11.8 Å². The maximum absolute atomic E-state index is 13.9. The van der Waals surface area contributed by atoms with Gasteiger partial charge in [-0.1, -0.05) is 12.2 Å². The van der Waals surface area contributed by atoms with Gasteiger partial charge >= 0.3 is 0 Å². The van der Waals surface area contributed by atoms with Gasteiger partial charge in [0, 0.05) is 81.4 Å². The predicted molar refractivity (Wildman–Crippen MR) is 177 cm³/mol. The van der Waals surface area contributed by atoms with E-state index in [-0.39, 0.29) is 29.3 Å². The molecular formula is C36H45N5O5. The number of hydrogen-bond acceptors (Lipinski definition) is 8. The normalized spacial score (nSPS) is 24.7. The lowest BCUT2D eigenvalue weighted by molar-refractivity contribution is -0.123. The molecule has 0 saturated carbocycles. The van der Waals surface area contributed by atoms with Crippen molar-refractivity contribution in [2.45, 2.75) is 38.7 Å². The lowest BCUT2D eigenvalue weighted by Crippen LogP contribution is -2.51. The lowest BCUT2D eigenvalue weighted by atomic mass is 9.75. The third-order valence-electron chi connectivity index (χ3n) is 10.1. The first kappa shape index (κ1) is 30.9. The minimum Gasteiger partial charge on any atom is -0.493 e. The standard InChI is InChI=1S/C36H45N5O5/c1-36(2)24-30-28(12-13-31(44-3)33(30)46-36)32-27-6-4-5-7-29(27)35(43)41(37-32)26-10-8-25(9-11-26)34(42)40-18-16-38(17-19-40)14-15-39-20-22-45-23-21-39/h4-5,8-13,27,29H,6-7,14-24H2,1-3H3/t27-,29+/m0/s1. The van der Waals surface area contributed by atoms with Crippen molar-refractivity contribution in [3.8, 4) is 11.5 Å². The van der Waals surface area contributed by atoms with Gasteiger partial charge in [0.15, 0.2) is 11.5 Å². The molecule has 10 nitrogen and oxygen atoms in total. The summed E-state index contributed by atoms with van der Waals surface area (Å²) in [5.41, 5.74) is 3.93. The second kappa shape index (κ2) is 12.8. The molecule has 0 unspecified atom stereocenters. The highest BCUT2D eigenvalue weighted by atomic mass is 16.5. The number of methoxy groups -OCH3 is 1. The van der Waals surface area contributed by atoms with Gasteiger partial charge in [0.1, 0.15) is 5.60 Å². The molecule has 10 heteroatoms. The molecule has 0 aromatic heterocycles. The van der Waals surface area contributed by atoms with Gasteiger partial charge in [0.2, 0.25) is 0 Å². The lowest BCUT2D eigenvalue weighted by Gasteiger charge is -2.37. The predicted octanol–water partition coefficient (Wildman–Crippen LogP) is 3.83. The first-order chi connectivity index (χ1) is 22.3. The largest absolute Gasteiger partial charge is 0.493 e. The van der Waals surface area contributed by atoms with E-state index in [9.17, 15) is 9.59 Å². The molecular weight excluding hydrogens is 582 g/mol. The van der Waals surface area contributed by atoms with E-state index in [0.717, 1.165) is 87.9 Å². The summed E-state index contributed by atoms with van der Waals surface area (Å²) in [5.74, 6) is 1.28. The molecule has 4 heterocycles. The Morgan fingerprint density at radius 3 is 2.28 bits per heavy atom. The number of nitrogens with zero attached hydrogens (tertiary/aromatic N) is 5. The summed E-state index contributed by atoms with van der Waals surface area (Å²) >= 11 is 0. The van der Waals surface area contributed by atoms with Gasteiger partial charge in [-0.2, -0.15) is 5.10 Å². The molecule has 5 aliphatic rings. The van der Waals surface area contributed by atoms with Crippen molar-refractivity contribution in [2.75, 3.05) is 77.7 Å². The zero-order valence-electron chi connectivity index (χ0n) is 27.2. The number of ether oxygens (including phenoxy) is 3. The van der Waals surface area contributed by atoms with Crippen LogP contribution in [0.15, 0.2) is 53.7 Å². The van der Waals surface area contributed by atoms with Crippen molar-refractivity contribution in [3.05, 3.63) is 65.2 Å². The Morgan fingerprint density at radius 2 is 1.59 bits per heavy atom. The Bertz CT molecular complexity index is 1520. The van der Waals surface area contributed by atoms with E-state index < -0.39 is 0 Å². The highest BCUT2D eigenvalue weighted by Crippen LogP contribution is 2.46. The summed E-state index contributed by atoms with van der Waals surface area (Å²) in [4.78, 5) is 34.2. The van der Waals surface area contributed by atoms with Crippen molar-refractivity contribution in [3.63, 3.8) is 0 Å². The number of anilines is 1. The van der Waals surface area contributed by atoms with E-state index in [1.54, 1.807) is 12.1 Å². The van der Waals surface area contributed by atoms with E-state index in [2.05, 4.69) is 41.9 Å². The molecule has 2 amide bonds. The van der Waals surface area contributed by atoms with E-state index >= 15 is 0 Å². The number of rotatable bonds is 7. The zero-order valence-corrected chi connectivity index (χ0v) is 27.2. The van der Waals surface area contributed by atoms with E-state index in [4.69, 9.17) is 19.3 Å². The Morgan fingerprint density at radius 1 is 0.913 bits per heavy atom. The molecule has 0 radical (unpaired) electrons. The van der Waals surface area contributed by atoms with E-state index in [0.29, 0.717) is 36.5 Å². The highest BCUT2D eigenvalue weighted by molar-refractivity contribution is 6.12. The molecule has 2 aromatic carbocycles. The van der Waals surface area contributed by atoms with Gasteiger partial charge in [0.05, 0.1) is 37.6 Å². The van der Waals surface area contributed by atoms with E-state index in [1.165, 1.54) is 0 Å². The average Bonchev–Trinajstić information content (AvgIpc) is 3.43. The van der Waals surface area contributed by atoms with Crippen LogP contribution in [-0.4, -0.2) is 111 Å². The fraction of sp³-hybridized carbons (Fsp3) is 0.528. The smallest absolute Gasteiger partial charge is 0.253 e. The quantitative estimate of drug-likeness (QED) is 0.432. The van der Waals surface area contributed by atoms with E-state index in [1.807, 2.05) is 35.2 Å². The Balaban J connectivity index is 1.08. The first-order valence-corrected chi connectivity index (χ1v) is 16.7. The van der Waals surface area contributed by atoms with Crippen LogP contribution < -0.4 is 14.5 Å². The Labute approximate surface area is 271 Å². The molecule has 0 N–H and O–H groups in total. The summed E-state index contributed by atoms with van der Waals surface area (Å²) in [6.45, 7) is 13.0. The van der Waals surface area contributed by atoms with Gasteiger partial charge in [-0.3, -0.25) is 19.4 Å². The van der Waals surface area contributed by atoms with Crippen LogP contribution in [0.5, 0.6) is 11.5 Å². The molecule has 0 bridgehead atoms. The van der Waals surface area contributed by atoms with Crippen LogP contribution >= 0.6 is 0 Å². The Kier molecular flexibility index (Phi) is 8.61. The van der Waals surface area contributed by atoms with Crippen LogP contribution in [0.25, 0.3) is 0 Å². The third-order valence-corrected chi connectivity index (χ3v) is 10.1. The van der Waals surface area contributed by atoms with Crippen LogP contribution in [-0.2, 0) is 16.0 Å². The summed E-state index contributed by atoms with van der Waals surface area (Å²) in [7, 11) is 1.66. The molecule has 2 aromatic rings. The molecule has 2 fully saturated rings. The monoisotopic (exact) mass is 627 g/mol. The zero-order chi connectivity index (χ0) is 31.8. The highest BCUT2D eigenvalue weighted by Gasteiger charge is 2.43. The number of morpholine rings is 1. The molecule has 0 spiro atoms. The number of carbonyl (C=O) groups is 2. The van der Waals surface area contributed by atoms with Crippen molar-refractivity contribution < 1.29 is 23.8 Å². The molecule has 4 aliphatic heterocycles. The van der Waals surface area contributed by atoms with Gasteiger partial charge in [-0.05, 0) is 63.1 Å². The maximum atomic E-state index is 13.9. The first-order valence-electron chi connectivity index (χ1n) is 16.7. The number of hydrogen-bond donors (Lipinski definition) is 0. The maximum Gasteiger partial charge on any atom is 0.253 e. The molecule has 1 aliphatic carbocycles.